The van der Waals surface area contributed by atoms with Crippen LogP contribution in [-0.4, -0.2) is 12.6 Å². The van der Waals surface area contributed by atoms with E-state index in [9.17, 15) is 0 Å². The molecule has 2 aliphatic rings. The molecule has 0 aliphatic heterocycles. The molecule has 0 spiro atoms. The Morgan fingerprint density at radius 2 is 0.970 bits per heavy atom. The highest BCUT2D eigenvalue weighted by atomic mass is 28.3. The van der Waals surface area contributed by atoms with E-state index in [-0.39, 0.29) is 0 Å². The van der Waals surface area contributed by atoms with Gasteiger partial charge in [0.1, 0.15) is 0 Å². The van der Waals surface area contributed by atoms with E-state index in [0.29, 0.717) is 5.92 Å². The molecule has 1 nitrogen and oxygen atoms in total. The van der Waals surface area contributed by atoms with Crippen LogP contribution in [0.15, 0.2) is 243 Å². The van der Waals surface area contributed by atoms with E-state index < -0.39 is 8.07 Å². The Hall–Kier alpha value is -7.78. The fourth-order valence-electron chi connectivity index (χ4n) is 11.8. The third-order valence-corrected chi connectivity index (χ3v) is 19.6. The van der Waals surface area contributed by atoms with Crippen LogP contribution in [0.1, 0.15) is 33.7 Å². The molecule has 0 saturated heterocycles. The van der Waals surface area contributed by atoms with Crippen LogP contribution in [0.5, 0.6) is 0 Å². The molecule has 312 valence electrons. The van der Waals surface area contributed by atoms with Crippen LogP contribution < -0.4 is 20.7 Å². The topological polar surface area (TPSA) is 4.93 Å². The maximum Gasteiger partial charge on any atom is 0.179 e. The van der Waals surface area contributed by atoms with Crippen molar-refractivity contribution in [3.8, 4) is 39.1 Å². The van der Waals surface area contributed by atoms with Crippen molar-refractivity contribution in [1.82, 2.24) is 4.57 Å². The minimum absolute atomic E-state index is 0.311. The molecule has 0 radical (unpaired) electrons. The zero-order chi connectivity index (χ0) is 43.6. The molecule has 2 heteroatoms. The van der Waals surface area contributed by atoms with Crippen LogP contribution >= 0.6 is 0 Å². The third kappa shape index (κ3) is 6.13. The average molecular weight is 858 g/mol. The number of hydrogen-bond donors (Lipinski definition) is 0. The van der Waals surface area contributed by atoms with Gasteiger partial charge in [0.25, 0.3) is 0 Å². The van der Waals surface area contributed by atoms with Crippen LogP contribution in [-0.2, 0) is 19.3 Å². The molecule has 1 atom stereocenters. The number of para-hydroxylation sites is 2. The quantitative estimate of drug-likeness (QED) is 0.106. The molecule has 2 aliphatic carbocycles. The first-order valence-corrected chi connectivity index (χ1v) is 25.5. The highest BCUT2D eigenvalue weighted by Crippen LogP contribution is 2.49. The SMILES string of the molecule is c1ccc(-n2c3ccccc3c3cc(-c4cccc([Si](c5ccccc5)(c5ccccc5)c5ccc(CC6c7ccccc7-c7cc8c(cc76)CCc6ccccc6-8)cc5)c4)ccc32)cc1. The predicted molar refractivity (Wildman–Crippen MR) is 280 cm³/mol. The van der Waals surface area contributed by atoms with Crippen molar-refractivity contribution in [2.75, 3.05) is 0 Å². The highest BCUT2D eigenvalue weighted by Gasteiger charge is 2.42. The van der Waals surface area contributed by atoms with Crippen LogP contribution in [0, 0.1) is 0 Å². The molecule has 0 fully saturated rings. The van der Waals surface area contributed by atoms with E-state index in [1.54, 1.807) is 0 Å². The molecule has 0 saturated carbocycles. The molecule has 10 aromatic carbocycles. The van der Waals surface area contributed by atoms with Gasteiger partial charge >= 0.3 is 0 Å². The Bertz CT molecular complexity index is 3570. The summed E-state index contributed by atoms with van der Waals surface area (Å²) in [5.74, 6) is 0.311. The van der Waals surface area contributed by atoms with Crippen molar-refractivity contribution >= 4 is 50.6 Å². The third-order valence-electron chi connectivity index (χ3n) is 14.8. The predicted octanol–water partition coefficient (Wildman–Crippen LogP) is 12.9. The first-order chi connectivity index (χ1) is 32.7. The number of hydrogen-bond acceptors (Lipinski definition) is 0. The second-order valence-corrected chi connectivity index (χ2v) is 22.1. The summed E-state index contributed by atoms with van der Waals surface area (Å²) in [5, 5.41) is 8.06. The van der Waals surface area contributed by atoms with E-state index in [1.807, 2.05) is 0 Å². The van der Waals surface area contributed by atoms with Crippen molar-refractivity contribution < 1.29 is 0 Å². The molecule has 1 unspecified atom stereocenters. The van der Waals surface area contributed by atoms with Crippen LogP contribution in [0.3, 0.4) is 0 Å². The van der Waals surface area contributed by atoms with Gasteiger partial charge in [0, 0.05) is 22.4 Å². The van der Waals surface area contributed by atoms with Crippen LogP contribution in [0.25, 0.3) is 60.9 Å². The highest BCUT2D eigenvalue weighted by molar-refractivity contribution is 7.19. The zero-order valence-corrected chi connectivity index (χ0v) is 37.7. The molecule has 1 aromatic heterocycles. The molecule has 1 heterocycles. The van der Waals surface area contributed by atoms with Gasteiger partial charge in [-0.05, 0) is 138 Å². The van der Waals surface area contributed by atoms with Crippen molar-refractivity contribution in [3.63, 3.8) is 0 Å². The second kappa shape index (κ2) is 15.7. The summed E-state index contributed by atoms with van der Waals surface area (Å²) in [7, 11) is -2.83. The fraction of sp³-hybridized carbons (Fsp3) is 0.0625. The summed E-state index contributed by atoms with van der Waals surface area (Å²) in [4.78, 5) is 0. The molecule has 0 amide bonds. The normalized spacial score (nSPS) is 13.8. The Kier molecular flexibility index (Phi) is 9.21. The summed E-state index contributed by atoms with van der Waals surface area (Å²) >= 11 is 0. The Morgan fingerprint density at radius 1 is 0.364 bits per heavy atom. The number of aromatic nitrogens is 1. The molecule has 0 bridgehead atoms. The lowest BCUT2D eigenvalue weighted by Crippen LogP contribution is -2.74. The number of nitrogens with zero attached hydrogens (tertiary/aromatic N) is 1. The van der Waals surface area contributed by atoms with Crippen molar-refractivity contribution in [2.45, 2.75) is 25.2 Å². The fourth-order valence-corrected chi connectivity index (χ4v) is 16.6. The first kappa shape index (κ1) is 38.7. The summed E-state index contributed by atoms with van der Waals surface area (Å²) in [5.41, 5.74) is 18.9. The van der Waals surface area contributed by atoms with E-state index in [0.717, 1.165) is 19.3 Å². The molecule has 0 N–H and O–H groups in total. The Labute approximate surface area is 387 Å². The van der Waals surface area contributed by atoms with E-state index in [4.69, 9.17) is 0 Å². The molecular weight excluding hydrogens is 811 g/mol. The number of aryl methyl sites for hydroxylation is 2. The number of fused-ring (bicyclic) bond motifs is 9. The lowest BCUT2D eigenvalue weighted by atomic mass is 9.82. The maximum atomic E-state index is 2.56. The summed E-state index contributed by atoms with van der Waals surface area (Å²) in [6, 6.07) is 91.8. The summed E-state index contributed by atoms with van der Waals surface area (Å²) in [6.07, 6.45) is 3.16. The van der Waals surface area contributed by atoms with Crippen LogP contribution in [0.4, 0.5) is 0 Å². The van der Waals surface area contributed by atoms with Crippen molar-refractivity contribution in [3.05, 3.63) is 270 Å². The monoisotopic (exact) mass is 857 g/mol. The van der Waals surface area contributed by atoms with Gasteiger partial charge < -0.3 is 4.57 Å². The van der Waals surface area contributed by atoms with Gasteiger partial charge in [0.2, 0.25) is 0 Å². The van der Waals surface area contributed by atoms with E-state index >= 15 is 0 Å². The maximum absolute atomic E-state index is 2.83. The lowest BCUT2D eigenvalue weighted by molar-refractivity contribution is 0.822. The Balaban J connectivity index is 0.925. The number of benzene rings is 10. The molecule has 66 heavy (non-hydrogen) atoms. The van der Waals surface area contributed by atoms with Crippen molar-refractivity contribution in [1.29, 1.82) is 0 Å². The first-order valence-electron chi connectivity index (χ1n) is 23.5. The summed E-state index contributed by atoms with van der Waals surface area (Å²) in [6.45, 7) is 0. The molecular formula is C64H47NSi. The lowest BCUT2D eigenvalue weighted by Gasteiger charge is -2.35. The van der Waals surface area contributed by atoms with Gasteiger partial charge in [-0.1, -0.05) is 206 Å². The molecule has 11 aromatic rings. The smallest absolute Gasteiger partial charge is 0.179 e. The van der Waals surface area contributed by atoms with Gasteiger partial charge in [0.05, 0.1) is 11.0 Å². The van der Waals surface area contributed by atoms with Gasteiger partial charge in [-0.2, -0.15) is 0 Å². The minimum Gasteiger partial charge on any atom is -0.309 e. The van der Waals surface area contributed by atoms with Crippen molar-refractivity contribution in [2.24, 2.45) is 0 Å². The summed E-state index contributed by atoms with van der Waals surface area (Å²) < 4.78 is 2.40. The van der Waals surface area contributed by atoms with Gasteiger partial charge in [0.15, 0.2) is 8.07 Å². The minimum atomic E-state index is -2.83. The van der Waals surface area contributed by atoms with Gasteiger partial charge in [-0.15, -0.1) is 0 Å². The Morgan fingerprint density at radius 3 is 1.76 bits per heavy atom. The largest absolute Gasteiger partial charge is 0.309 e. The second-order valence-electron chi connectivity index (χ2n) is 18.3. The molecule has 13 rings (SSSR count). The van der Waals surface area contributed by atoms with Crippen LogP contribution in [0.2, 0.25) is 0 Å². The standard InChI is InChI=1S/C64H47NSi/c1-4-19-49(20-5-1)65-63-30-15-14-29-57(63)62-41-47(35-38-64(62)65)46-18-16-25-53(40-46)66(50-21-6-2-7-22-50,51-23-8-3-9-24-51)52-36-31-44(32-37-52)39-59-55-27-12-13-28-56(55)61-43-58-48(42-60(59)61)34-33-45-17-10-11-26-54(45)58/h1-32,35-38,40-43,59H,33-34,39H2. The van der Waals surface area contributed by atoms with E-state index in [2.05, 4.69) is 247 Å². The van der Waals surface area contributed by atoms with E-state index in [1.165, 1.54) is 109 Å². The van der Waals surface area contributed by atoms with Gasteiger partial charge in [-0.3, -0.25) is 0 Å². The zero-order valence-electron chi connectivity index (χ0n) is 36.7. The average Bonchev–Trinajstić information content (AvgIpc) is 3.88. The van der Waals surface area contributed by atoms with Gasteiger partial charge in [-0.25, -0.2) is 0 Å². The number of rotatable bonds is 8.